The molecule has 0 aliphatic carbocycles. The van der Waals surface area contributed by atoms with E-state index in [2.05, 4.69) is 0 Å². The molecular formula is C14H4N4. The molecule has 2 aromatic rings. The monoisotopic (exact) mass is 228 g/mol. The third-order valence-corrected chi connectivity index (χ3v) is 2.64. The molecule has 2 aromatic carbocycles. The van der Waals surface area contributed by atoms with Gasteiger partial charge in [0.1, 0.15) is 12.1 Å². The van der Waals surface area contributed by atoms with Gasteiger partial charge >= 0.3 is 0 Å². The van der Waals surface area contributed by atoms with E-state index in [4.69, 9.17) is 21.0 Å². The van der Waals surface area contributed by atoms with E-state index in [0.29, 0.717) is 21.9 Å². The number of benzene rings is 2. The van der Waals surface area contributed by atoms with E-state index in [1.165, 1.54) is 24.3 Å². The molecule has 0 aromatic heterocycles. The summed E-state index contributed by atoms with van der Waals surface area (Å²) < 4.78 is 0. The molecular weight excluding hydrogens is 224 g/mol. The van der Waals surface area contributed by atoms with E-state index in [1.807, 2.05) is 24.3 Å². The van der Waals surface area contributed by atoms with E-state index >= 15 is 0 Å². The largest absolute Gasteiger partial charge is 0.192 e. The van der Waals surface area contributed by atoms with Crippen LogP contribution in [0.3, 0.4) is 0 Å². The van der Waals surface area contributed by atoms with Crippen molar-refractivity contribution < 1.29 is 0 Å². The smallest absolute Gasteiger partial charge is 0.101 e. The number of hydrogen-bond acceptors (Lipinski definition) is 4. The molecule has 0 heterocycles. The number of hydrogen-bond donors (Lipinski definition) is 0. The Morgan fingerprint density at radius 1 is 0.556 bits per heavy atom. The summed E-state index contributed by atoms with van der Waals surface area (Å²) in [6.45, 7) is 0. The Kier molecular flexibility index (Phi) is 2.64. The Morgan fingerprint density at radius 2 is 0.889 bits per heavy atom. The molecule has 0 fully saturated rings. The fraction of sp³-hybridized carbons (Fsp3) is 0. The van der Waals surface area contributed by atoms with Crippen molar-refractivity contribution in [2.24, 2.45) is 0 Å². The van der Waals surface area contributed by atoms with Crippen molar-refractivity contribution in [1.29, 1.82) is 21.0 Å². The summed E-state index contributed by atoms with van der Waals surface area (Å²) in [4.78, 5) is 0. The third-order valence-electron chi connectivity index (χ3n) is 2.64. The van der Waals surface area contributed by atoms with Crippen molar-refractivity contribution in [2.75, 3.05) is 0 Å². The summed E-state index contributed by atoms with van der Waals surface area (Å²) in [7, 11) is 0. The first-order chi connectivity index (χ1) is 8.74. The summed E-state index contributed by atoms with van der Waals surface area (Å²) in [5.74, 6) is 0. The molecule has 4 nitrogen and oxygen atoms in total. The maximum atomic E-state index is 9.01. The van der Waals surface area contributed by atoms with E-state index in [0.717, 1.165) is 0 Å². The molecule has 0 unspecified atom stereocenters. The van der Waals surface area contributed by atoms with Gasteiger partial charge in [-0.3, -0.25) is 0 Å². The van der Waals surface area contributed by atoms with Crippen LogP contribution < -0.4 is 0 Å². The van der Waals surface area contributed by atoms with Crippen molar-refractivity contribution in [3.05, 3.63) is 46.5 Å². The molecule has 18 heavy (non-hydrogen) atoms. The highest BCUT2D eigenvalue weighted by molar-refractivity contribution is 5.94. The van der Waals surface area contributed by atoms with Gasteiger partial charge in [-0.25, -0.2) is 0 Å². The van der Waals surface area contributed by atoms with Crippen LogP contribution in [0, 0.1) is 45.3 Å². The van der Waals surface area contributed by atoms with Crippen LogP contribution in [0.5, 0.6) is 0 Å². The minimum atomic E-state index is 0.205. The Labute approximate surface area is 103 Å². The van der Waals surface area contributed by atoms with E-state index in [1.54, 1.807) is 0 Å². The lowest BCUT2D eigenvalue weighted by Gasteiger charge is -2.04. The van der Waals surface area contributed by atoms with Crippen LogP contribution in [-0.4, -0.2) is 0 Å². The summed E-state index contributed by atoms with van der Waals surface area (Å²) in [6.07, 6.45) is 0. The first-order valence-electron chi connectivity index (χ1n) is 4.96. The van der Waals surface area contributed by atoms with Crippen molar-refractivity contribution >= 4 is 10.8 Å². The second kappa shape index (κ2) is 4.26. The normalized spacial score (nSPS) is 8.89. The maximum absolute atomic E-state index is 9.01. The minimum Gasteiger partial charge on any atom is -0.192 e. The van der Waals surface area contributed by atoms with Crippen molar-refractivity contribution in [3.63, 3.8) is 0 Å². The van der Waals surface area contributed by atoms with E-state index in [9.17, 15) is 0 Å². The number of nitriles is 4. The molecule has 0 aliphatic heterocycles. The fourth-order valence-electron chi connectivity index (χ4n) is 1.77. The maximum Gasteiger partial charge on any atom is 0.101 e. The van der Waals surface area contributed by atoms with Crippen LogP contribution in [0.25, 0.3) is 10.8 Å². The highest BCUT2D eigenvalue weighted by atomic mass is 14.3. The fourth-order valence-corrected chi connectivity index (χ4v) is 1.77. The topological polar surface area (TPSA) is 95.2 Å². The molecule has 4 heteroatoms. The third kappa shape index (κ3) is 1.52. The standard InChI is InChI=1S/C14H4N4/c15-5-9-1-2-10(6-16)14-4-12(8-18)11(7-17)3-13(9)14/h1-4H. The van der Waals surface area contributed by atoms with Crippen LogP contribution in [0.2, 0.25) is 0 Å². The number of fused-ring (bicyclic) bond motifs is 1. The Hall–Kier alpha value is -3.34. The van der Waals surface area contributed by atoms with Crippen molar-refractivity contribution in [2.45, 2.75) is 0 Å². The average molecular weight is 228 g/mol. The first-order valence-corrected chi connectivity index (χ1v) is 4.96. The van der Waals surface area contributed by atoms with Gasteiger partial charge in [-0.2, -0.15) is 21.0 Å². The van der Waals surface area contributed by atoms with Crippen molar-refractivity contribution in [1.82, 2.24) is 0 Å². The second-order valence-electron chi connectivity index (χ2n) is 3.55. The Bertz CT molecular complexity index is 750. The Morgan fingerprint density at radius 3 is 1.17 bits per heavy atom. The van der Waals surface area contributed by atoms with Gasteiger partial charge in [0.25, 0.3) is 0 Å². The minimum absolute atomic E-state index is 0.205. The number of nitrogens with zero attached hydrogens (tertiary/aromatic N) is 4. The van der Waals surface area contributed by atoms with E-state index < -0.39 is 0 Å². The molecule has 0 radical (unpaired) electrons. The first kappa shape index (κ1) is 11.2. The van der Waals surface area contributed by atoms with Gasteiger partial charge in [-0.1, -0.05) is 0 Å². The highest BCUT2D eigenvalue weighted by Gasteiger charge is 2.10. The van der Waals surface area contributed by atoms with Crippen LogP contribution >= 0.6 is 0 Å². The van der Waals surface area contributed by atoms with Gasteiger partial charge in [0.15, 0.2) is 0 Å². The molecule has 80 valence electrons. The zero-order chi connectivity index (χ0) is 13.1. The lowest BCUT2D eigenvalue weighted by Crippen LogP contribution is -1.90. The molecule has 0 amide bonds. The predicted molar refractivity (Wildman–Crippen MR) is 62.8 cm³/mol. The van der Waals surface area contributed by atoms with Gasteiger partial charge < -0.3 is 0 Å². The van der Waals surface area contributed by atoms with E-state index in [-0.39, 0.29) is 11.1 Å². The molecule has 0 bridgehead atoms. The van der Waals surface area contributed by atoms with Gasteiger partial charge in [0, 0.05) is 10.8 Å². The zero-order valence-electron chi connectivity index (χ0n) is 9.10. The molecule has 0 saturated carbocycles. The average Bonchev–Trinajstić information content (AvgIpc) is 2.44. The SMILES string of the molecule is N#Cc1cc2c(C#N)ccc(C#N)c2cc1C#N. The predicted octanol–water partition coefficient (Wildman–Crippen LogP) is 2.33. The van der Waals surface area contributed by atoms with Gasteiger partial charge in [0.05, 0.1) is 34.4 Å². The van der Waals surface area contributed by atoms with Crippen LogP contribution in [0.1, 0.15) is 22.3 Å². The van der Waals surface area contributed by atoms with Gasteiger partial charge in [-0.05, 0) is 24.3 Å². The summed E-state index contributed by atoms with van der Waals surface area (Å²) >= 11 is 0. The lowest BCUT2D eigenvalue weighted by atomic mass is 9.96. The van der Waals surface area contributed by atoms with Gasteiger partial charge in [-0.15, -0.1) is 0 Å². The number of rotatable bonds is 0. The Balaban J connectivity index is 3.03. The summed E-state index contributed by atoms with van der Waals surface area (Å²) in [6, 6.07) is 13.9. The lowest BCUT2D eigenvalue weighted by molar-refractivity contribution is 1.43. The summed E-state index contributed by atoms with van der Waals surface area (Å²) in [5.41, 5.74) is 1.17. The van der Waals surface area contributed by atoms with Crippen LogP contribution in [0.15, 0.2) is 24.3 Å². The van der Waals surface area contributed by atoms with Crippen molar-refractivity contribution in [3.8, 4) is 24.3 Å². The molecule has 0 spiro atoms. The van der Waals surface area contributed by atoms with Crippen LogP contribution in [0.4, 0.5) is 0 Å². The van der Waals surface area contributed by atoms with Gasteiger partial charge in [0.2, 0.25) is 0 Å². The summed E-state index contributed by atoms with van der Waals surface area (Å²) in [5, 5.41) is 37.0. The van der Waals surface area contributed by atoms with Crippen LogP contribution in [-0.2, 0) is 0 Å². The molecule has 0 atom stereocenters. The zero-order valence-corrected chi connectivity index (χ0v) is 9.10. The molecule has 0 N–H and O–H groups in total. The second-order valence-corrected chi connectivity index (χ2v) is 3.55. The highest BCUT2D eigenvalue weighted by Crippen LogP contribution is 2.25. The molecule has 0 saturated heterocycles. The quantitative estimate of drug-likeness (QED) is 0.691. The molecule has 2 rings (SSSR count). The molecule has 0 aliphatic rings.